The van der Waals surface area contributed by atoms with E-state index in [1.165, 1.54) is 24.6 Å². The summed E-state index contributed by atoms with van der Waals surface area (Å²) in [7, 11) is 0. The average Bonchev–Trinajstić information content (AvgIpc) is 2.95. The number of rotatable bonds is 3. The van der Waals surface area contributed by atoms with Crippen LogP contribution in [0.1, 0.15) is 19.8 Å². The first-order chi connectivity index (χ1) is 9.56. The molecule has 6 heteroatoms. The Morgan fingerprint density at radius 3 is 2.55 bits per heavy atom. The minimum Gasteiger partial charge on any atom is -0.358 e. The van der Waals surface area contributed by atoms with Crippen molar-refractivity contribution in [3.63, 3.8) is 0 Å². The number of hydrogen-bond donors (Lipinski definition) is 1. The number of thiocarbonyl (C=S) groups is 1. The number of nitrogens with one attached hydrogen (secondary N) is 1. The van der Waals surface area contributed by atoms with E-state index in [0.29, 0.717) is 5.02 Å². The fourth-order valence-electron chi connectivity index (χ4n) is 1.96. The SMILES string of the molecule is CC(SC(=S)N1CCCC1)C(=O)Nc1ccc(Cl)cc1. The lowest BCUT2D eigenvalue weighted by Crippen LogP contribution is -2.29. The topological polar surface area (TPSA) is 32.3 Å². The molecular formula is C14H17ClN2OS2. The molecule has 1 fully saturated rings. The molecule has 1 heterocycles. The minimum absolute atomic E-state index is 0.0427. The van der Waals surface area contributed by atoms with Crippen LogP contribution in [0.25, 0.3) is 0 Å². The number of likely N-dealkylation sites (tertiary alicyclic amines) is 1. The molecule has 2 rings (SSSR count). The Labute approximate surface area is 134 Å². The van der Waals surface area contributed by atoms with Gasteiger partial charge in [0.2, 0.25) is 5.91 Å². The summed E-state index contributed by atoms with van der Waals surface area (Å²) in [6.45, 7) is 3.90. The second-order valence-corrected chi connectivity index (χ2v) is 7.13. The van der Waals surface area contributed by atoms with Crippen molar-refractivity contribution in [3.05, 3.63) is 29.3 Å². The van der Waals surface area contributed by atoms with Crippen molar-refractivity contribution in [1.82, 2.24) is 4.90 Å². The number of amides is 1. The molecular weight excluding hydrogens is 312 g/mol. The summed E-state index contributed by atoms with van der Waals surface area (Å²) >= 11 is 12.6. The van der Waals surface area contributed by atoms with Gasteiger partial charge in [0.05, 0.1) is 5.25 Å². The molecule has 1 aromatic rings. The molecule has 1 atom stereocenters. The zero-order chi connectivity index (χ0) is 14.5. The summed E-state index contributed by atoms with van der Waals surface area (Å²) < 4.78 is 0.821. The first-order valence-corrected chi connectivity index (χ1v) is 8.25. The number of halogens is 1. The number of thioether (sulfide) groups is 1. The molecule has 1 aromatic carbocycles. The van der Waals surface area contributed by atoms with Crippen LogP contribution < -0.4 is 5.32 Å². The Kier molecular flexibility index (Phi) is 5.69. The lowest BCUT2D eigenvalue weighted by molar-refractivity contribution is -0.115. The van der Waals surface area contributed by atoms with Crippen molar-refractivity contribution in [2.75, 3.05) is 18.4 Å². The highest BCUT2D eigenvalue weighted by molar-refractivity contribution is 8.23. The van der Waals surface area contributed by atoms with Crippen LogP contribution in [0, 0.1) is 0 Å². The van der Waals surface area contributed by atoms with E-state index in [0.717, 1.165) is 23.1 Å². The third-order valence-electron chi connectivity index (χ3n) is 3.12. The molecule has 0 saturated carbocycles. The van der Waals surface area contributed by atoms with Gasteiger partial charge in [0.1, 0.15) is 4.32 Å². The molecule has 20 heavy (non-hydrogen) atoms. The third-order valence-corrected chi connectivity index (χ3v) is 4.95. The Morgan fingerprint density at radius 1 is 1.35 bits per heavy atom. The highest BCUT2D eigenvalue weighted by Gasteiger charge is 2.21. The number of benzene rings is 1. The summed E-state index contributed by atoms with van der Waals surface area (Å²) in [5.41, 5.74) is 0.749. The zero-order valence-electron chi connectivity index (χ0n) is 11.3. The van der Waals surface area contributed by atoms with Crippen LogP contribution in [-0.2, 0) is 4.79 Å². The van der Waals surface area contributed by atoms with Gasteiger partial charge in [-0.1, -0.05) is 35.6 Å². The van der Waals surface area contributed by atoms with E-state index in [1.807, 2.05) is 6.92 Å². The summed E-state index contributed by atoms with van der Waals surface area (Å²) in [6.07, 6.45) is 2.37. The number of hydrogen-bond acceptors (Lipinski definition) is 3. The fraction of sp³-hybridized carbons (Fsp3) is 0.429. The smallest absolute Gasteiger partial charge is 0.237 e. The lowest BCUT2D eigenvalue weighted by atomic mass is 10.3. The van der Waals surface area contributed by atoms with Crippen LogP contribution in [-0.4, -0.2) is 33.5 Å². The van der Waals surface area contributed by atoms with Gasteiger partial charge >= 0.3 is 0 Å². The minimum atomic E-state index is -0.209. The molecule has 0 aromatic heterocycles. The van der Waals surface area contributed by atoms with Crippen molar-refractivity contribution in [1.29, 1.82) is 0 Å². The zero-order valence-corrected chi connectivity index (χ0v) is 13.7. The second-order valence-electron chi connectivity index (χ2n) is 4.72. The quantitative estimate of drug-likeness (QED) is 0.856. The van der Waals surface area contributed by atoms with Gasteiger partial charge in [-0.2, -0.15) is 0 Å². The van der Waals surface area contributed by atoms with Crippen molar-refractivity contribution in [2.24, 2.45) is 0 Å². The van der Waals surface area contributed by atoms with E-state index in [1.54, 1.807) is 24.3 Å². The molecule has 1 amide bonds. The lowest BCUT2D eigenvalue weighted by Gasteiger charge is -2.20. The number of nitrogens with zero attached hydrogens (tertiary/aromatic N) is 1. The molecule has 3 nitrogen and oxygen atoms in total. The van der Waals surface area contributed by atoms with Crippen molar-refractivity contribution in [3.8, 4) is 0 Å². The third kappa shape index (κ3) is 4.36. The van der Waals surface area contributed by atoms with Gasteiger partial charge in [-0.05, 0) is 44.0 Å². The summed E-state index contributed by atoms with van der Waals surface area (Å²) in [4.78, 5) is 14.3. The van der Waals surface area contributed by atoms with E-state index < -0.39 is 0 Å². The molecule has 1 aliphatic rings. The van der Waals surface area contributed by atoms with Crippen LogP contribution in [0.3, 0.4) is 0 Å². The molecule has 0 aliphatic carbocycles. The Balaban J connectivity index is 1.85. The van der Waals surface area contributed by atoms with Gasteiger partial charge in [-0.3, -0.25) is 4.79 Å². The maximum atomic E-state index is 12.1. The van der Waals surface area contributed by atoms with E-state index in [4.69, 9.17) is 23.8 Å². The fourth-order valence-corrected chi connectivity index (χ4v) is 3.50. The van der Waals surface area contributed by atoms with Crippen LogP contribution >= 0.6 is 35.6 Å². The van der Waals surface area contributed by atoms with Gasteiger partial charge in [0, 0.05) is 23.8 Å². The highest BCUT2D eigenvalue weighted by atomic mass is 35.5. The standard InChI is InChI=1S/C14H17ClN2OS2/c1-10(20-14(19)17-8-2-3-9-17)13(18)16-12-6-4-11(15)5-7-12/h4-7,10H,2-3,8-9H2,1H3,(H,16,18). The summed E-state index contributed by atoms with van der Waals surface area (Å²) in [6, 6.07) is 7.08. The van der Waals surface area contributed by atoms with Crippen LogP contribution in [0.15, 0.2) is 24.3 Å². The number of carbonyl (C=O) groups is 1. The predicted molar refractivity (Wildman–Crippen MR) is 90.5 cm³/mol. The van der Waals surface area contributed by atoms with Gasteiger partial charge < -0.3 is 10.2 Å². The first-order valence-electron chi connectivity index (χ1n) is 6.58. The van der Waals surface area contributed by atoms with Crippen molar-refractivity contribution < 1.29 is 4.79 Å². The van der Waals surface area contributed by atoms with Crippen LogP contribution in [0.4, 0.5) is 5.69 Å². The molecule has 0 bridgehead atoms. The summed E-state index contributed by atoms with van der Waals surface area (Å²) in [5, 5.41) is 3.31. The largest absolute Gasteiger partial charge is 0.358 e. The van der Waals surface area contributed by atoms with Gasteiger partial charge in [0.25, 0.3) is 0 Å². The molecule has 0 radical (unpaired) electrons. The highest BCUT2D eigenvalue weighted by Crippen LogP contribution is 2.21. The van der Waals surface area contributed by atoms with Gasteiger partial charge in [-0.25, -0.2) is 0 Å². The normalized spacial score (nSPS) is 16.0. The molecule has 1 unspecified atom stereocenters. The van der Waals surface area contributed by atoms with Crippen LogP contribution in [0.5, 0.6) is 0 Å². The molecule has 1 saturated heterocycles. The second kappa shape index (κ2) is 7.29. The predicted octanol–water partition coefficient (Wildman–Crippen LogP) is 3.78. The first kappa shape index (κ1) is 15.6. The van der Waals surface area contributed by atoms with E-state index >= 15 is 0 Å². The number of carbonyl (C=O) groups excluding carboxylic acids is 1. The summed E-state index contributed by atoms with van der Waals surface area (Å²) in [5.74, 6) is -0.0427. The van der Waals surface area contributed by atoms with E-state index in [2.05, 4.69) is 10.2 Å². The van der Waals surface area contributed by atoms with Gasteiger partial charge in [0.15, 0.2) is 0 Å². The average molecular weight is 329 g/mol. The Hall–Kier alpha value is -0.780. The maximum Gasteiger partial charge on any atom is 0.237 e. The van der Waals surface area contributed by atoms with E-state index in [-0.39, 0.29) is 11.2 Å². The maximum absolute atomic E-state index is 12.1. The van der Waals surface area contributed by atoms with Gasteiger partial charge in [-0.15, -0.1) is 0 Å². The monoisotopic (exact) mass is 328 g/mol. The van der Waals surface area contributed by atoms with Crippen molar-refractivity contribution >= 4 is 51.5 Å². The van der Waals surface area contributed by atoms with Crippen LogP contribution in [0.2, 0.25) is 5.02 Å². The molecule has 1 aliphatic heterocycles. The molecule has 0 spiro atoms. The number of anilines is 1. The molecule has 1 N–H and O–H groups in total. The Morgan fingerprint density at radius 2 is 1.95 bits per heavy atom. The molecule has 108 valence electrons. The van der Waals surface area contributed by atoms with Crippen molar-refractivity contribution in [2.45, 2.75) is 25.0 Å². The van der Waals surface area contributed by atoms with E-state index in [9.17, 15) is 4.79 Å². The Bertz CT molecular complexity index is 486.